The highest BCUT2D eigenvalue weighted by Gasteiger charge is 2.41. The molecule has 0 fully saturated rings. The number of hydrogen-bond acceptors (Lipinski definition) is 12. The second-order valence-electron chi connectivity index (χ2n) is 13.4. The Labute approximate surface area is 331 Å². The van der Waals surface area contributed by atoms with Crippen LogP contribution in [0.1, 0.15) is 65.4 Å². The number of benzene rings is 1. The van der Waals surface area contributed by atoms with E-state index in [0.717, 1.165) is 42.8 Å². The molecule has 2 atom stereocenters. The van der Waals surface area contributed by atoms with Crippen LogP contribution in [0.2, 0.25) is 0 Å². The predicted octanol–water partition coefficient (Wildman–Crippen LogP) is 7.81. The molecule has 2 unspecified atom stereocenters. The fourth-order valence-electron chi connectivity index (χ4n) is 6.37. The Morgan fingerprint density at radius 3 is 1.67 bits per heavy atom. The first-order valence-corrected chi connectivity index (χ1v) is 20.7. The van der Waals surface area contributed by atoms with Crippen LogP contribution < -0.4 is 4.74 Å². The van der Waals surface area contributed by atoms with Gasteiger partial charge in [-0.05, 0) is 81.9 Å². The number of methoxy groups -OCH3 is 2. The van der Waals surface area contributed by atoms with Crippen molar-refractivity contribution in [3.8, 4) is 11.8 Å². The Bertz CT molecular complexity index is 1350. The van der Waals surface area contributed by atoms with Crippen molar-refractivity contribution in [1.82, 2.24) is 4.67 Å². The average molecular weight is 789 g/mol. The number of nitrogens with zero attached hydrogens (tertiary/aromatic N) is 2. The SMILES string of the molecule is COC1=CC=C(C(OCCOCCOCCOCCOCCOCCOP(OCCC#N)N(C(C)C)C(C)C)(C2=CC=CCC2)c2ccc(OC)cc2)CC1. The Hall–Kier alpha value is -2.66. The summed E-state index contributed by atoms with van der Waals surface area (Å²) < 4.78 is 60.5. The van der Waals surface area contributed by atoms with Crippen LogP contribution in [0.3, 0.4) is 0 Å². The quantitative estimate of drug-likeness (QED) is 0.0540. The second-order valence-corrected chi connectivity index (χ2v) is 14.8. The van der Waals surface area contributed by atoms with Gasteiger partial charge in [0.1, 0.15) is 11.4 Å². The molecule has 0 aliphatic heterocycles. The number of ether oxygens (including phenoxy) is 8. The van der Waals surface area contributed by atoms with Crippen molar-refractivity contribution in [1.29, 1.82) is 5.26 Å². The first-order valence-electron chi connectivity index (χ1n) is 19.6. The van der Waals surface area contributed by atoms with Gasteiger partial charge >= 0.3 is 0 Å². The first-order chi connectivity index (χ1) is 26.9. The lowest BCUT2D eigenvalue weighted by molar-refractivity contribution is -0.0444. The standard InChI is InChI=1S/C42H65N2O10P/c1-35(2)44(36(3)4)55(53-22-10-21-43)54-34-32-51-30-28-49-26-24-47-23-25-48-27-29-50-31-33-52-42(37-11-8-7-9-12-37,38-13-17-40(45-5)18-14-38)39-15-19-41(46-6)20-16-39/h7-8,11,13-15,17-19,35-36H,9-10,12,16,20,22-34H2,1-6H3. The predicted molar refractivity (Wildman–Crippen MR) is 215 cm³/mol. The maximum absolute atomic E-state index is 8.85. The number of rotatable bonds is 31. The Morgan fingerprint density at radius 2 is 1.20 bits per heavy atom. The van der Waals surface area contributed by atoms with Gasteiger partial charge < -0.3 is 46.9 Å². The number of allylic oxidation sites excluding steroid dienone is 6. The van der Waals surface area contributed by atoms with Crippen molar-refractivity contribution in [3.05, 3.63) is 77.1 Å². The van der Waals surface area contributed by atoms with Crippen molar-refractivity contribution in [2.45, 2.75) is 77.5 Å². The molecular formula is C42H65N2O10P. The van der Waals surface area contributed by atoms with Gasteiger partial charge in [0.2, 0.25) is 0 Å². The lowest BCUT2D eigenvalue weighted by Crippen LogP contribution is -2.37. The van der Waals surface area contributed by atoms with E-state index in [4.69, 9.17) is 52.2 Å². The van der Waals surface area contributed by atoms with Gasteiger partial charge in [-0.1, -0.05) is 36.4 Å². The summed E-state index contributed by atoms with van der Waals surface area (Å²) in [6, 6.07) is 10.8. The van der Waals surface area contributed by atoms with Crippen molar-refractivity contribution in [3.63, 3.8) is 0 Å². The summed E-state index contributed by atoms with van der Waals surface area (Å²) >= 11 is 0. The highest BCUT2D eigenvalue weighted by atomic mass is 31.2. The molecule has 13 heteroatoms. The normalized spacial score (nSPS) is 16.1. The molecule has 55 heavy (non-hydrogen) atoms. The molecule has 0 N–H and O–H groups in total. The molecule has 0 spiro atoms. The van der Waals surface area contributed by atoms with Crippen LogP contribution in [0.4, 0.5) is 0 Å². The van der Waals surface area contributed by atoms with Crippen LogP contribution in [0.15, 0.2) is 71.6 Å². The molecule has 0 bridgehead atoms. The molecule has 0 heterocycles. The van der Waals surface area contributed by atoms with Crippen molar-refractivity contribution in [2.24, 2.45) is 0 Å². The first kappa shape index (κ1) is 46.7. The summed E-state index contributed by atoms with van der Waals surface area (Å²) in [5, 5.41) is 8.85. The highest BCUT2D eigenvalue weighted by Crippen LogP contribution is 2.47. The molecule has 0 aromatic heterocycles. The summed E-state index contributed by atoms with van der Waals surface area (Å²) in [7, 11) is 2.14. The summed E-state index contributed by atoms with van der Waals surface area (Å²) in [6.45, 7) is 14.3. The summed E-state index contributed by atoms with van der Waals surface area (Å²) in [5.74, 6) is 1.78. The summed E-state index contributed by atoms with van der Waals surface area (Å²) in [5.41, 5.74) is 2.80. The van der Waals surface area contributed by atoms with Crippen LogP contribution in [-0.4, -0.2) is 117 Å². The van der Waals surface area contributed by atoms with E-state index in [1.165, 1.54) is 11.1 Å². The molecule has 1 aromatic carbocycles. The molecule has 0 saturated heterocycles. The van der Waals surface area contributed by atoms with Crippen molar-refractivity contribution >= 4 is 8.53 Å². The number of hydrogen-bond donors (Lipinski definition) is 0. The minimum absolute atomic E-state index is 0.261. The zero-order valence-electron chi connectivity index (χ0n) is 34.0. The van der Waals surface area contributed by atoms with Gasteiger partial charge in [0.15, 0.2) is 0 Å². The monoisotopic (exact) mass is 788 g/mol. The van der Waals surface area contributed by atoms with E-state index >= 15 is 0 Å². The third-order valence-electron chi connectivity index (χ3n) is 8.91. The van der Waals surface area contributed by atoms with E-state index < -0.39 is 14.1 Å². The summed E-state index contributed by atoms with van der Waals surface area (Å²) in [6.07, 6.45) is 14.6. The van der Waals surface area contributed by atoms with Crippen LogP contribution in [-0.2, 0) is 47.8 Å². The second kappa shape index (κ2) is 27.9. The molecule has 0 saturated carbocycles. The molecule has 12 nitrogen and oxygen atoms in total. The zero-order chi connectivity index (χ0) is 39.6. The van der Waals surface area contributed by atoms with E-state index in [1.807, 2.05) is 12.1 Å². The van der Waals surface area contributed by atoms with E-state index in [1.54, 1.807) is 14.2 Å². The van der Waals surface area contributed by atoms with Crippen LogP contribution in [0.25, 0.3) is 0 Å². The molecule has 2 aliphatic carbocycles. The van der Waals surface area contributed by atoms with Gasteiger partial charge in [-0.2, -0.15) is 5.26 Å². The van der Waals surface area contributed by atoms with E-state index in [9.17, 15) is 0 Å². The Morgan fingerprint density at radius 1 is 0.655 bits per heavy atom. The molecule has 2 aliphatic rings. The Kier molecular flexibility index (Phi) is 23.7. The van der Waals surface area contributed by atoms with Crippen molar-refractivity contribution < 1.29 is 46.9 Å². The smallest absolute Gasteiger partial charge is 0.259 e. The third kappa shape index (κ3) is 16.4. The highest BCUT2D eigenvalue weighted by molar-refractivity contribution is 7.44. The van der Waals surface area contributed by atoms with Gasteiger partial charge in [-0.25, -0.2) is 4.67 Å². The fraction of sp³-hybridized carbons (Fsp3) is 0.643. The van der Waals surface area contributed by atoms with E-state index in [2.05, 4.69) is 80.9 Å². The van der Waals surface area contributed by atoms with Gasteiger partial charge in [-0.3, -0.25) is 0 Å². The van der Waals surface area contributed by atoms with Gasteiger partial charge in [0.25, 0.3) is 8.53 Å². The molecule has 0 radical (unpaired) electrons. The molecular weight excluding hydrogens is 723 g/mol. The number of nitriles is 1. The van der Waals surface area contributed by atoms with Crippen LogP contribution >= 0.6 is 8.53 Å². The zero-order valence-corrected chi connectivity index (χ0v) is 34.9. The fourth-order valence-corrected chi connectivity index (χ4v) is 7.95. The maximum Gasteiger partial charge on any atom is 0.259 e. The lowest BCUT2D eigenvalue weighted by Gasteiger charge is -2.41. The molecule has 1 aromatic rings. The average Bonchev–Trinajstić information content (AvgIpc) is 3.20. The molecule has 0 amide bonds. The lowest BCUT2D eigenvalue weighted by atomic mass is 9.74. The van der Waals surface area contributed by atoms with Crippen LogP contribution in [0.5, 0.6) is 5.75 Å². The van der Waals surface area contributed by atoms with Crippen LogP contribution in [0, 0.1) is 11.3 Å². The van der Waals surface area contributed by atoms with Crippen molar-refractivity contribution in [2.75, 3.05) is 100 Å². The maximum atomic E-state index is 8.85. The minimum atomic E-state index is -1.26. The molecule has 3 rings (SSSR count). The minimum Gasteiger partial charge on any atom is -0.501 e. The van der Waals surface area contributed by atoms with Gasteiger partial charge in [0, 0.05) is 18.5 Å². The van der Waals surface area contributed by atoms with E-state index in [0.29, 0.717) is 92.3 Å². The topological polar surface area (TPSA) is 119 Å². The third-order valence-corrected chi connectivity index (χ3v) is 11.0. The Balaban J connectivity index is 1.28. The summed E-state index contributed by atoms with van der Waals surface area (Å²) in [4.78, 5) is 0. The van der Waals surface area contributed by atoms with E-state index in [-0.39, 0.29) is 12.1 Å². The molecule has 308 valence electrons. The van der Waals surface area contributed by atoms with Gasteiger partial charge in [0.05, 0.1) is 118 Å². The largest absolute Gasteiger partial charge is 0.501 e. The van der Waals surface area contributed by atoms with Gasteiger partial charge in [-0.15, -0.1) is 0 Å².